The summed E-state index contributed by atoms with van der Waals surface area (Å²) in [5, 5.41) is 11.8. The Kier molecular flexibility index (Phi) is 2.28. The SMILES string of the molecule is C[C@H](O)CNC(=O)C1C2CCCC21. The minimum absolute atomic E-state index is 0.163. The molecular formula is C10H17NO2. The Balaban J connectivity index is 1.74. The van der Waals surface area contributed by atoms with Crippen LogP contribution in [0, 0.1) is 17.8 Å². The normalized spacial score (nSPS) is 38.2. The third kappa shape index (κ3) is 1.70. The fourth-order valence-corrected chi connectivity index (χ4v) is 2.58. The molecule has 3 heteroatoms. The predicted octanol–water partition coefficient (Wildman–Crippen LogP) is 0.529. The van der Waals surface area contributed by atoms with Crippen LogP contribution in [0.1, 0.15) is 26.2 Å². The fraction of sp³-hybridized carbons (Fsp3) is 0.900. The summed E-state index contributed by atoms with van der Waals surface area (Å²) < 4.78 is 0. The highest BCUT2D eigenvalue weighted by Gasteiger charge is 2.56. The number of hydrogen-bond acceptors (Lipinski definition) is 2. The number of carbonyl (C=O) groups excluding carboxylic acids is 1. The number of nitrogens with one attached hydrogen (secondary N) is 1. The molecule has 74 valence electrons. The minimum Gasteiger partial charge on any atom is -0.392 e. The van der Waals surface area contributed by atoms with Gasteiger partial charge in [0.05, 0.1) is 6.10 Å². The van der Waals surface area contributed by atoms with Crippen molar-refractivity contribution in [3.63, 3.8) is 0 Å². The second-order valence-corrected chi connectivity index (χ2v) is 4.38. The minimum atomic E-state index is -0.428. The van der Waals surface area contributed by atoms with E-state index in [1.807, 2.05) is 0 Å². The van der Waals surface area contributed by atoms with Crippen molar-refractivity contribution in [3.05, 3.63) is 0 Å². The summed E-state index contributed by atoms with van der Waals surface area (Å²) in [5.41, 5.74) is 0. The van der Waals surface area contributed by atoms with E-state index in [9.17, 15) is 4.79 Å². The van der Waals surface area contributed by atoms with E-state index < -0.39 is 6.10 Å². The molecule has 2 aliphatic rings. The molecular weight excluding hydrogens is 166 g/mol. The van der Waals surface area contributed by atoms with Gasteiger partial charge in [-0.1, -0.05) is 6.42 Å². The molecule has 2 N–H and O–H groups in total. The molecule has 0 spiro atoms. The second-order valence-electron chi connectivity index (χ2n) is 4.38. The van der Waals surface area contributed by atoms with Gasteiger partial charge in [0, 0.05) is 12.5 Å². The third-order valence-electron chi connectivity index (χ3n) is 3.28. The zero-order chi connectivity index (χ0) is 9.42. The monoisotopic (exact) mass is 183 g/mol. The Morgan fingerprint density at radius 3 is 2.69 bits per heavy atom. The lowest BCUT2D eigenvalue weighted by atomic mass is 10.1. The molecule has 0 aromatic rings. The molecule has 3 atom stereocenters. The number of aliphatic hydroxyl groups is 1. The summed E-state index contributed by atoms with van der Waals surface area (Å²) in [5.74, 6) is 1.80. The molecule has 0 aromatic carbocycles. The summed E-state index contributed by atoms with van der Waals surface area (Å²) in [7, 11) is 0. The molecule has 0 aromatic heterocycles. The summed E-state index contributed by atoms with van der Waals surface area (Å²) in [4.78, 5) is 11.5. The van der Waals surface area contributed by atoms with Gasteiger partial charge in [0.2, 0.25) is 5.91 Å². The molecule has 0 heterocycles. The zero-order valence-corrected chi connectivity index (χ0v) is 7.99. The highest BCUT2D eigenvalue weighted by Crippen LogP contribution is 2.57. The van der Waals surface area contributed by atoms with Gasteiger partial charge in [-0.15, -0.1) is 0 Å². The lowest BCUT2D eigenvalue weighted by molar-refractivity contribution is -0.123. The lowest BCUT2D eigenvalue weighted by Crippen LogP contribution is -2.32. The van der Waals surface area contributed by atoms with Crippen LogP contribution in [0.3, 0.4) is 0 Å². The van der Waals surface area contributed by atoms with E-state index in [1.165, 1.54) is 19.3 Å². The summed E-state index contributed by atoms with van der Waals surface area (Å²) >= 11 is 0. The van der Waals surface area contributed by atoms with Crippen molar-refractivity contribution in [2.45, 2.75) is 32.3 Å². The van der Waals surface area contributed by atoms with Gasteiger partial charge < -0.3 is 10.4 Å². The van der Waals surface area contributed by atoms with E-state index in [4.69, 9.17) is 5.11 Å². The average Bonchev–Trinajstić information content (AvgIpc) is 2.56. The van der Waals surface area contributed by atoms with E-state index in [2.05, 4.69) is 5.32 Å². The average molecular weight is 183 g/mol. The third-order valence-corrected chi connectivity index (χ3v) is 3.28. The standard InChI is InChI=1S/C10H17NO2/c1-6(12)5-11-10(13)9-7-3-2-4-8(7)9/h6-9,12H,2-5H2,1H3,(H,11,13)/t6-,7?,8?,9?/m0/s1. The van der Waals surface area contributed by atoms with Crippen molar-refractivity contribution < 1.29 is 9.90 Å². The Morgan fingerprint density at radius 1 is 1.54 bits per heavy atom. The van der Waals surface area contributed by atoms with Crippen LogP contribution in [0.2, 0.25) is 0 Å². The van der Waals surface area contributed by atoms with Crippen LogP contribution in [-0.2, 0) is 4.79 Å². The fourth-order valence-electron chi connectivity index (χ4n) is 2.58. The van der Waals surface area contributed by atoms with Crippen molar-refractivity contribution in [2.24, 2.45) is 17.8 Å². The van der Waals surface area contributed by atoms with Crippen LogP contribution in [-0.4, -0.2) is 23.7 Å². The van der Waals surface area contributed by atoms with Crippen LogP contribution >= 0.6 is 0 Å². The molecule has 2 aliphatic carbocycles. The van der Waals surface area contributed by atoms with Crippen molar-refractivity contribution >= 4 is 5.91 Å². The number of fused-ring (bicyclic) bond motifs is 1. The van der Waals surface area contributed by atoms with E-state index >= 15 is 0 Å². The van der Waals surface area contributed by atoms with Crippen LogP contribution in [0.5, 0.6) is 0 Å². The molecule has 2 fully saturated rings. The van der Waals surface area contributed by atoms with Gasteiger partial charge >= 0.3 is 0 Å². The molecule has 2 unspecified atom stereocenters. The lowest BCUT2D eigenvalue weighted by Gasteiger charge is -2.07. The summed E-state index contributed by atoms with van der Waals surface area (Å²) in [6, 6.07) is 0. The van der Waals surface area contributed by atoms with Crippen LogP contribution in [0.4, 0.5) is 0 Å². The van der Waals surface area contributed by atoms with E-state index in [0.717, 1.165) is 0 Å². The van der Waals surface area contributed by atoms with Gasteiger partial charge in [-0.05, 0) is 31.6 Å². The molecule has 1 amide bonds. The van der Waals surface area contributed by atoms with Gasteiger partial charge in [0.15, 0.2) is 0 Å². The Morgan fingerprint density at radius 2 is 2.15 bits per heavy atom. The first-order valence-corrected chi connectivity index (χ1v) is 5.16. The molecule has 2 saturated carbocycles. The van der Waals surface area contributed by atoms with Gasteiger partial charge in [-0.2, -0.15) is 0 Å². The second kappa shape index (κ2) is 3.29. The van der Waals surface area contributed by atoms with Crippen molar-refractivity contribution in [1.29, 1.82) is 0 Å². The van der Waals surface area contributed by atoms with Gasteiger partial charge in [-0.25, -0.2) is 0 Å². The van der Waals surface area contributed by atoms with Crippen LogP contribution in [0.25, 0.3) is 0 Å². The maximum atomic E-state index is 11.5. The van der Waals surface area contributed by atoms with E-state index in [0.29, 0.717) is 18.4 Å². The smallest absolute Gasteiger partial charge is 0.223 e. The predicted molar refractivity (Wildman–Crippen MR) is 49.0 cm³/mol. The molecule has 13 heavy (non-hydrogen) atoms. The maximum Gasteiger partial charge on any atom is 0.223 e. The highest BCUT2D eigenvalue weighted by molar-refractivity contribution is 5.82. The maximum absolute atomic E-state index is 11.5. The first-order valence-electron chi connectivity index (χ1n) is 5.16. The largest absolute Gasteiger partial charge is 0.392 e. The number of aliphatic hydroxyl groups excluding tert-OH is 1. The summed E-state index contributed by atoms with van der Waals surface area (Å²) in [6.45, 7) is 2.09. The Hall–Kier alpha value is -0.570. The highest BCUT2D eigenvalue weighted by atomic mass is 16.3. The van der Waals surface area contributed by atoms with E-state index in [1.54, 1.807) is 6.92 Å². The van der Waals surface area contributed by atoms with Crippen molar-refractivity contribution in [1.82, 2.24) is 5.32 Å². The number of carbonyl (C=O) groups is 1. The molecule has 2 rings (SSSR count). The Labute approximate surface area is 78.5 Å². The first kappa shape index (κ1) is 9.00. The quantitative estimate of drug-likeness (QED) is 0.670. The van der Waals surface area contributed by atoms with E-state index in [-0.39, 0.29) is 11.8 Å². The van der Waals surface area contributed by atoms with Crippen LogP contribution < -0.4 is 5.32 Å². The van der Waals surface area contributed by atoms with Gasteiger partial charge in [-0.3, -0.25) is 4.79 Å². The number of hydrogen-bond donors (Lipinski definition) is 2. The molecule has 0 aliphatic heterocycles. The molecule has 0 saturated heterocycles. The molecule has 3 nitrogen and oxygen atoms in total. The number of amides is 1. The Bertz CT molecular complexity index is 205. The zero-order valence-electron chi connectivity index (χ0n) is 7.99. The number of rotatable bonds is 3. The van der Waals surface area contributed by atoms with Crippen molar-refractivity contribution in [2.75, 3.05) is 6.54 Å². The van der Waals surface area contributed by atoms with Crippen LogP contribution in [0.15, 0.2) is 0 Å². The topological polar surface area (TPSA) is 49.3 Å². The summed E-state index contributed by atoms with van der Waals surface area (Å²) in [6.07, 6.45) is 3.34. The molecule has 0 radical (unpaired) electrons. The van der Waals surface area contributed by atoms with Gasteiger partial charge in [0.1, 0.15) is 0 Å². The molecule has 0 bridgehead atoms. The van der Waals surface area contributed by atoms with Gasteiger partial charge in [0.25, 0.3) is 0 Å². The first-order chi connectivity index (χ1) is 6.20. The van der Waals surface area contributed by atoms with Crippen molar-refractivity contribution in [3.8, 4) is 0 Å².